The Morgan fingerprint density at radius 3 is 2.94 bits per heavy atom. The molecule has 0 amide bonds. The Morgan fingerprint density at radius 1 is 1.69 bits per heavy atom. The van der Waals surface area contributed by atoms with Crippen molar-refractivity contribution in [2.75, 3.05) is 0 Å². The molecule has 0 heterocycles. The SMILES string of the molecule is NC(=S)N[NH+]=Cc1ccc(O)c([N+](=O)[O-])c1. The standard InChI is InChI=1S/C8H8N4O3S/c9-8(16)11-10-4-5-1-2-7(13)6(3-5)12(14)15/h1-4,13H,(H3,9,11,16)/p+1. The molecule has 0 aliphatic heterocycles. The number of phenols is 1. The van der Waals surface area contributed by atoms with Gasteiger partial charge in [0.2, 0.25) is 5.11 Å². The van der Waals surface area contributed by atoms with Crippen LogP contribution >= 0.6 is 12.2 Å². The Bertz CT molecular complexity index is 461. The molecule has 0 fully saturated rings. The van der Waals surface area contributed by atoms with Gasteiger partial charge >= 0.3 is 5.69 Å². The summed E-state index contributed by atoms with van der Waals surface area (Å²) in [6.07, 6.45) is 1.42. The molecule has 7 nitrogen and oxygen atoms in total. The topological polar surface area (TPSA) is 115 Å². The number of hydrogen-bond acceptors (Lipinski definition) is 4. The molecule has 84 valence electrons. The summed E-state index contributed by atoms with van der Waals surface area (Å²) < 4.78 is 0. The zero-order valence-corrected chi connectivity index (χ0v) is 8.82. The number of nitrogens with one attached hydrogen (secondary N) is 2. The number of nitro groups is 1. The van der Waals surface area contributed by atoms with Gasteiger partial charge in [0.05, 0.1) is 4.92 Å². The minimum atomic E-state index is -0.673. The number of hydrazone groups is 1. The predicted octanol–water partition coefficient (Wildman–Crippen LogP) is -1.45. The first kappa shape index (κ1) is 11.9. The van der Waals surface area contributed by atoms with Crippen molar-refractivity contribution in [2.45, 2.75) is 0 Å². The lowest BCUT2D eigenvalue weighted by Gasteiger charge is -1.95. The molecule has 1 aromatic rings. The van der Waals surface area contributed by atoms with Gasteiger partial charge in [0.25, 0.3) is 0 Å². The molecular formula is C8H9N4O3S+. The van der Waals surface area contributed by atoms with E-state index < -0.39 is 4.92 Å². The number of nitro benzene ring substituents is 1. The number of rotatable bonds is 3. The molecule has 0 aliphatic rings. The van der Waals surface area contributed by atoms with Crippen LogP contribution in [-0.2, 0) is 0 Å². The van der Waals surface area contributed by atoms with Crippen molar-refractivity contribution in [2.24, 2.45) is 5.73 Å². The summed E-state index contributed by atoms with van der Waals surface area (Å²) in [5.74, 6) is -0.385. The summed E-state index contributed by atoms with van der Waals surface area (Å²) in [6.45, 7) is 0. The van der Waals surface area contributed by atoms with E-state index in [-0.39, 0.29) is 16.5 Å². The van der Waals surface area contributed by atoms with Crippen LogP contribution in [0.1, 0.15) is 5.56 Å². The van der Waals surface area contributed by atoms with Crippen LogP contribution < -0.4 is 16.3 Å². The van der Waals surface area contributed by atoms with Crippen molar-refractivity contribution >= 4 is 29.2 Å². The molecule has 0 unspecified atom stereocenters. The van der Waals surface area contributed by atoms with E-state index in [0.29, 0.717) is 5.56 Å². The summed E-state index contributed by atoms with van der Waals surface area (Å²) in [7, 11) is 0. The quantitative estimate of drug-likeness (QED) is 0.223. The van der Waals surface area contributed by atoms with Crippen LogP contribution in [0, 0.1) is 10.1 Å². The molecule has 0 saturated carbocycles. The third-order valence-electron chi connectivity index (χ3n) is 1.63. The van der Waals surface area contributed by atoms with Gasteiger partial charge in [-0.3, -0.25) is 10.1 Å². The number of benzene rings is 1. The molecule has 0 atom stereocenters. The maximum absolute atomic E-state index is 10.5. The van der Waals surface area contributed by atoms with Gasteiger partial charge in [0.15, 0.2) is 12.0 Å². The van der Waals surface area contributed by atoms with Gasteiger partial charge in [0.1, 0.15) is 0 Å². The second kappa shape index (κ2) is 5.03. The van der Waals surface area contributed by atoms with E-state index in [9.17, 15) is 15.2 Å². The predicted molar refractivity (Wildman–Crippen MR) is 60.8 cm³/mol. The van der Waals surface area contributed by atoms with E-state index in [1.807, 2.05) is 0 Å². The lowest BCUT2D eigenvalue weighted by Crippen LogP contribution is -2.82. The van der Waals surface area contributed by atoms with Gasteiger partial charge in [0, 0.05) is 11.6 Å². The van der Waals surface area contributed by atoms with Gasteiger partial charge in [-0.05, 0) is 24.4 Å². The highest BCUT2D eigenvalue weighted by Gasteiger charge is 2.13. The minimum absolute atomic E-state index is 0.0459. The van der Waals surface area contributed by atoms with Crippen LogP contribution in [0.25, 0.3) is 0 Å². The molecular weight excluding hydrogens is 232 g/mol. The van der Waals surface area contributed by atoms with E-state index in [1.54, 1.807) is 0 Å². The molecule has 1 aromatic carbocycles. The first-order valence-corrected chi connectivity index (χ1v) is 4.53. The molecule has 0 bridgehead atoms. The highest BCUT2D eigenvalue weighted by Crippen LogP contribution is 2.25. The molecule has 5 N–H and O–H groups in total. The Morgan fingerprint density at radius 2 is 2.38 bits per heavy atom. The summed E-state index contributed by atoms with van der Waals surface area (Å²) in [6, 6.07) is 3.94. The van der Waals surface area contributed by atoms with Gasteiger partial charge in [-0.15, -0.1) is 10.5 Å². The maximum atomic E-state index is 10.5. The minimum Gasteiger partial charge on any atom is -0.502 e. The van der Waals surface area contributed by atoms with Crippen molar-refractivity contribution in [1.82, 2.24) is 5.43 Å². The summed E-state index contributed by atoms with van der Waals surface area (Å²) in [5.41, 5.74) is 7.70. The van der Waals surface area contributed by atoms with Crippen LogP contribution in [-0.4, -0.2) is 21.4 Å². The van der Waals surface area contributed by atoms with E-state index >= 15 is 0 Å². The van der Waals surface area contributed by atoms with Gasteiger partial charge in [-0.2, -0.15) is 0 Å². The van der Waals surface area contributed by atoms with E-state index in [1.165, 1.54) is 24.4 Å². The molecule has 8 heteroatoms. The number of nitrogens with two attached hydrogens (primary N) is 1. The first-order chi connectivity index (χ1) is 7.50. The van der Waals surface area contributed by atoms with Crippen LogP contribution in [0.5, 0.6) is 5.75 Å². The van der Waals surface area contributed by atoms with Gasteiger partial charge in [-0.1, -0.05) is 0 Å². The fourth-order valence-electron chi connectivity index (χ4n) is 0.967. The molecule has 16 heavy (non-hydrogen) atoms. The van der Waals surface area contributed by atoms with Crippen molar-refractivity contribution in [3.63, 3.8) is 0 Å². The van der Waals surface area contributed by atoms with E-state index in [0.717, 1.165) is 0 Å². The fourth-order valence-corrected chi connectivity index (χ4v) is 1.03. The second-order valence-corrected chi connectivity index (χ2v) is 3.22. The van der Waals surface area contributed by atoms with E-state index in [2.05, 4.69) is 22.7 Å². The van der Waals surface area contributed by atoms with Gasteiger partial charge < -0.3 is 10.8 Å². The average Bonchev–Trinajstić information content (AvgIpc) is 2.19. The zero-order valence-electron chi connectivity index (χ0n) is 8.01. The Hall–Kier alpha value is -2.22. The second-order valence-electron chi connectivity index (χ2n) is 2.78. The van der Waals surface area contributed by atoms with Crippen LogP contribution in [0.3, 0.4) is 0 Å². The van der Waals surface area contributed by atoms with Crippen molar-refractivity contribution < 1.29 is 15.1 Å². The van der Waals surface area contributed by atoms with Crippen molar-refractivity contribution in [1.29, 1.82) is 0 Å². The number of hydrogen-bond donors (Lipinski definition) is 4. The third-order valence-corrected chi connectivity index (χ3v) is 1.73. The lowest BCUT2D eigenvalue weighted by atomic mass is 10.2. The Balaban J connectivity index is 2.91. The normalized spacial score (nSPS) is 10.2. The number of aromatic hydroxyl groups is 1. The Labute approximate surface area is 95.7 Å². The largest absolute Gasteiger partial charge is 0.502 e. The average molecular weight is 241 g/mol. The molecule has 0 radical (unpaired) electrons. The molecule has 0 aliphatic carbocycles. The highest BCUT2D eigenvalue weighted by atomic mass is 32.1. The lowest BCUT2D eigenvalue weighted by molar-refractivity contribution is -0.499. The summed E-state index contributed by atoms with van der Waals surface area (Å²) in [5, 5.41) is 22.3. The van der Waals surface area contributed by atoms with Crippen molar-refractivity contribution in [3.8, 4) is 5.75 Å². The fraction of sp³-hybridized carbons (Fsp3) is 0. The summed E-state index contributed by atoms with van der Waals surface area (Å²) in [4.78, 5) is 9.84. The first-order valence-electron chi connectivity index (χ1n) is 4.12. The molecule has 0 aromatic heterocycles. The van der Waals surface area contributed by atoms with Crippen LogP contribution in [0.2, 0.25) is 0 Å². The smallest absolute Gasteiger partial charge is 0.311 e. The highest BCUT2D eigenvalue weighted by molar-refractivity contribution is 7.80. The number of thiocarbonyl (C=S) groups is 1. The summed E-state index contributed by atoms with van der Waals surface area (Å²) >= 11 is 4.53. The maximum Gasteiger partial charge on any atom is 0.311 e. The third kappa shape index (κ3) is 3.17. The van der Waals surface area contributed by atoms with Gasteiger partial charge in [-0.25, -0.2) is 0 Å². The number of nitrogens with zero attached hydrogens (tertiary/aromatic N) is 1. The van der Waals surface area contributed by atoms with Crippen LogP contribution in [0.15, 0.2) is 18.2 Å². The molecule has 0 spiro atoms. The van der Waals surface area contributed by atoms with E-state index in [4.69, 9.17) is 5.73 Å². The Kier molecular flexibility index (Phi) is 3.72. The monoisotopic (exact) mass is 241 g/mol. The van der Waals surface area contributed by atoms with Crippen LogP contribution in [0.4, 0.5) is 5.69 Å². The molecule has 1 rings (SSSR count). The molecule has 0 saturated heterocycles. The van der Waals surface area contributed by atoms with Crippen molar-refractivity contribution in [3.05, 3.63) is 33.9 Å². The number of phenolic OH excluding ortho intramolecular Hbond substituents is 1. The zero-order chi connectivity index (χ0) is 12.1. The number of hydrazine groups is 1.